The molecular formula is C27H27Cl2N3. The predicted octanol–water partition coefficient (Wildman–Crippen LogP) is 7.71. The van der Waals surface area contributed by atoms with Crippen LogP contribution in [0, 0.1) is 0 Å². The summed E-state index contributed by atoms with van der Waals surface area (Å²) < 4.78 is 0. The number of nitrogens with one attached hydrogen (secondary N) is 1. The van der Waals surface area contributed by atoms with Crippen LogP contribution >= 0.6 is 24.0 Å². The molecule has 0 spiro atoms. The Labute approximate surface area is 200 Å². The molecule has 1 aliphatic rings. The van der Waals surface area contributed by atoms with Crippen LogP contribution in [0.2, 0.25) is 5.02 Å². The minimum Gasteiger partial charge on any atom is -0.355 e. The van der Waals surface area contributed by atoms with Crippen molar-refractivity contribution in [1.82, 2.24) is 9.88 Å². The molecule has 0 amide bonds. The van der Waals surface area contributed by atoms with Crippen molar-refractivity contribution in [3.05, 3.63) is 89.6 Å². The van der Waals surface area contributed by atoms with Crippen molar-refractivity contribution in [3.63, 3.8) is 0 Å². The standard InChI is InChI=1S/C27H26ClN3.ClH/c28-22-10-12-24-26(13-14-29-27(24)17-22)30-23-11-9-21(19-31-15-5-2-6-16-31)25(18-23)20-7-3-1-4-8-20;/h1,3-4,7-14,17-18H,2,5-6,15-16,19H2,(H,29,30);1H. The summed E-state index contributed by atoms with van der Waals surface area (Å²) in [4.78, 5) is 7.04. The summed E-state index contributed by atoms with van der Waals surface area (Å²) in [6.07, 6.45) is 5.79. The van der Waals surface area contributed by atoms with Crippen LogP contribution in [0.5, 0.6) is 0 Å². The summed E-state index contributed by atoms with van der Waals surface area (Å²) >= 11 is 6.15. The van der Waals surface area contributed by atoms with Crippen LogP contribution in [0.3, 0.4) is 0 Å². The number of pyridine rings is 1. The Kier molecular flexibility index (Phi) is 7.31. The Hall–Kier alpha value is -2.59. The Bertz CT molecular complexity index is 1190. The maximum atomic E-state index is 6.15. The number of benzene rings is 3. The molecule has 1 N–H and O–H groups in total. The first-order chi connectivity index (χ1) is 15.3. The number of likely N-dealkylation sites (tertiary alicyclic amines) is 1. The van der Waals surface area contributed by atoms with E-state index < -0.39 is 0 Å². The van der Waals surface area contributed by atoms with E-state index in [1.807, 2.05) is 30.5 Å². The van der Waals surface area contributed by atoms with Crippen molar-refractivity contribution in [1.29, 1.82) is 0 Å². The molecule has 5 rings (SSSR count). The second-order valence-corrected chi connectivity index (χ2v) is 8.66. The highest BCUT2D eigenvalue weighted by Crippen LogP contribution is 2.32. The SMILES string of the molecule is Cl.Clc1ccc2c(Nc3ccc(CN4CCCCC4)c(-c4ccccc4)c3)ccnc2c1. The number of rotatable bonds is 5. The lowest BCUT2D eigenvalue weighted by Crippen LogP contribution is -2.29. The third-order valence-electron chi connectivity index (χ3n) is 6.02. The van der Waals surface area contributed by atoms with E-state index in [2.05, 4.69) is 63.7 Å². The lowest BCUT2D eigenvalue weighted by atomic mass is 9.97. The molecule has 0 unspecified atom stereocenters. The molecule has 5 heteroatoms. The van der Waals surface area contributed by atoms with Gasteiger partial charge < -0.3 is 5.32 Å². The van der Waals surface area contributed by atoms with Gasteiger partial charge in [-0.3, -0.25) is 9.88 Å². The van der Waals surface area contributed by atoms with Crippen LogP contribution in [0.4, 0.5) is 11.4 Å². The normalized spacial score (nSPS) is 14.2. The van der Waals surface area contributed by atoms with Gasteiger partial charge in [0, 0.05) is 34.5 Å². The maximum Gasteiger partial charge on any atom is 0.0737 e. The first kappa shape index (κ1) is 22.6. The van der Waals surface area contributed by atoms with E-state index in [-0.39, 0.29) is 12.4 Å². The van der Waals surface area contributed by atoms with Gasteiger partial charge in [0.05, 0.1) is 5.52 Å². The third-order valence-corrected chi connectivity index (χ3v) is 6.26. The summed E-state index contributed by atoms with van der Waals surface area (Å²) in [7, 11) is 0. The van der Waals surface area contributed by atoms with Gasteiger partial charge in [0.1, 0.15) is 0 Å². The number of aromatic nitrogens is 1. The molecule has 32 heavy (non-hydrogen) atoms. The Morgan fingerprint density at radius 2 is 1.69 bits per heavy atom. The fourth-order valence-corrected chi connectivity index (χ4v) is 4.59. The maximum absolute atomic E-state index is 6.15. The summed E-state index contributed by atoms with van der Waals surface area (Å²) in [5.74, 6) is 0. The lowest BCUT2D eigenvalue weighted by molar-refractivity contribution is 0.221. The molecule has 0 bridgehead atoms. The molecule has 1 fully saturated rings. The molecule has 3 nitrogen and oxygen atoms in total. The van der Waals surface area contributed by atoms with Crippen LogP contribution in [0.1, 0.15) is 24.8 Å². The van der Waals surface area contributed by atoms with Gasteiger partial charge in [-0.15, -0.1) is 12.4 Å². The Morgan fingerprint density at radius 3 is 2.50 bits per heavy atom. The second kappa shape index (κ2) is 10.4. The van der Waals surface area contributed by atoms with Crippen LogP contribution in [-0.4, -0.2) is 23.0 Å². The highest BCUT2D eigenvalue weighted by molar-refractivity contribution is 6.31. The molecule has 164 valence electrons. The molecule has 1 aromatic heterocycles. The summed E-state index contributed by atoms with van der Waals surface area (Å²) in [5, 5.41) is 5.37. The van der Waals surface area contributed by atoms with E-state index >= 15 is 0 Å². The van der Waals surface area contributed by atoms with Crippen molar-refractivity contribution in [2.75, 3.05) is 18.4 Å². The number of piperidine rings is 1. The van der Waals surface area contributed by atoms with Crippen molar-refractivity contribution in [2.24, 2.45) is 0 Å². The third kappa shape index (κ3) is 5.07. The van der Waals surface area contributed by atoms with Gasteiger partial charge in [0.25, 0.3) is 0 Å². The zero-order valence-electron chi connectivity index (χ0n) is 17.9. The minimum absolute atomic E-state index is 0. The molecule has 1 aliphatic heterocycles. The van der Waals surface area contributed by atoms with Gasteiger partial charge >= 0.3 is 0 Å². The van der Waals surface area contributed by atoms with Crippen molar-refractivity contribution in [3.8, 4) is 11.1 Å². The van der Waals surface area contributed by atoms with E-state index in [0.717, 1.165) is 28.8 Å². The number of hydrogen-bond acceptors (Lipinski definition) is 3. The predicted molar refractivity (Wildman–Crippen MR) is 138 cm³/mol. The van der Waals surface area contributed by atoms with E-state index in [1.165, 1.54) is 49.0 Å². The fourth-order valence-electron chi connectivity index (χ4n) is 4.42. The molecule has 2 heterocycles. The average Bonchev–Trinajstić information content (AvgIpc) is 2.81. The largest absolute Gasteiger partial charge is 0.355 e. The first-order valence-electron chi connectivity index (χ1n) is 11.0. The number of halogens is 2. The van der Waals surface area contributed by atoms with Crippen molar-refractivity contribution < 1.29 is 0 Å². The van der Waals surface area contributed by atoms with Crippen molar-refractivity contribution in [2.45, 2.75) is 25.8 Å². The molecule has 0 radical (unpaired) electrons. The summed E-state index contributed by atoms with van der Waals surface area (Å²) in [5.41, 5.74) is 6.92. The van der Waals surface area contributed by atoms with Gasteiger partial charge in [0.15, 0.2) is 0 Å². The highest BCUT2D eigenvalue weighted by atomic mass is 35.5. The molecule has 1 saturated heterocycles. The number of nitrogens with zero attached hydrogens (tertiary/aromatic N) is 2. The van der Waals surface area contributed by atoms with E-state index in [4.69, 9.17) is 11.6 Å². The summed E-state index contributed by atoms with van der Waals surface area (Å²) in [6, 6.07) is 25.3. The molecule has 4 aromatic rings. The molecule has 0 aliphatic carbocycles. The lowest BCUT2D eigenvalue weighted by Gasteiger charge is -2.27. The Morgan fingerprint density at radius 1 is 0.875 bits per heavy atom. The van der Waals surface area contributed by atoms with E-state index in [9.17, 15) is 0 Å². The van der Waals surface area contributed by atoms with Crippen molar-refractivity contribution >= 4 is 46.3 Å². The highest BCUT2D eigenvalue weighted by Gasteiger charge is 2.14. The number of fused-ring (bicyclic) bond motifs is 1. The van der Waals surface area contributed by atoms with Gasteiger partial charge in [-0.1, -0.05) is 54.4 Å². The molecule has 3 aromatic carbocycles. The molecule has 0 saturated carbocycles. The van der Waals surface area contributed by atoms with Crippen LogP contribution < -0.4 is 5.32 Å². The van der Waals surface area contributed by atoms with Gasteiger partial charge in [-0.25, -0.2) is 0 Å². The monoisotopic (exact) mass is 463 g/mol. The minimum atomic E-state index is 0. The number of anilines is 2. The zero-order valence-corrected chi connectivity index (χ0v) is 19.5. The topological polar surface area (TPSA) is 28.2 Å². The number of hydrogen-bond donors (Lipinski definition) is 1. The summed E-state index contributed by atoms with van der Waals surface area (Å²) in [6.45, 7) is 3.39. The van der Waals surface area contributed by atoms with Gasteiger partial charge in [-0.05, 0) is 79.0 Å². The molecular weight excluding hydrogens is 437 g/mol. The molecule has 0 atom stereocenters. The van der Waals surface area contributed by atoms with Crippen LogP contribution in [0.15, 0.2) is 79.0 Å². The van der Waals surface area contributed by atoms with Crippen LogP contribution in [-0.2, 0) is 6.54 Å². The van der Waals surface area contributed by atoms with E-state index in [0.29, 0.717) is 5.02 Å². The quantitative estimate of drug-likeness (QED) is 0.328. The smallest absolute Gasteiger partial charge is 0.0737 e. The second-order valence-electron chi connectivity index (χ2n) is 8.22. The van der Waals surface area contributed by atoms with Crippen LogP contribution in [0.25, 0.3) is 22.0 Å². The fraction of sp³-hybridized carbons (Fsp3) is 0.222. The first-order valence-corrected chi connectivity index (χ1v) is 11.4. The van der Waals surface area contributed by atoms with E-state index in [1.54, 1.807) is 0 Å². The van der Waals surface area contributed by atoms with Gasteiger partial charge in [-0.2, -0.15) is 0 Å². The Balaban J connectivity index is 0.00000245. The van der Waals surface area contributed by atoms with Gasteiger partial charge in [0.2, 0.25) is 0 Å². The zero-order chi connectivity index (χ0) is 21.0. The average molecular weight is 464 g/mol.